The molecule has 4 rings (SSSR count). The predicted molar refractivity (Wildman–Crippen MR) is 129 cm³/mol. The molecule has 4 nitrogen and oxygen atoms in total. The van der Waals surface area contributed by atoms with Gasteiger partial charge in [-0.1, -0.05) is 79.6 Å². The van der Waals surface area contributed by atoms with Crippen LogP contribution in [0.5, 0.6) is 0 Å². The number of hydrogen-bond acceptors (Lipinski definition) is 5. The highest BCUT2D eigenvalue weighted by atomic mass is 32.2. The fraction of sp³-hybridized carbons (Fsp3) is 0.250. The molecule has 3 aromatic carbocycles. The third-order valence-electron chi connectivity index (χ3n) is 5.98. The Balaban J connectivity index is 1.40. The SMILES string of the molecule is N#Cc1ccccc1Sc1ccccc1C(=O)OCC(=O)c1ccc(C2CCCCC2)cc1. The quantitative estimate of drug-likeness (QED) is 0.290. The summed E-state index contributed by atoms with van der Waals surface area (Å²) in [6.45, 7) is -0.310. The lowest BCUT2D eigenvalue weighted by Gasteiger charge is -2.22. The van der Waals surface area contributed by atoms with Gasteiger partial charge in [0.25, 0.3) is 0 Å². The maximum Gasteiger partial charge on any atom is 0.339 e. The molecule has 1 fully saturated rings. The molecule has 5 heteroatoms. The van der Waals surface area contributed by atoms with Crippen LogP contribution < -0.4 is 0 Å². The summed E-state index contributed by atoms with van der Waals surface area (Å²) in [7, 11) is 0. The Labute approximate surface area is 198 Å². The molecule has 1 aliphatic rings. The van der Waals surface area contributed by atoms with Gasteiger partial charge in [0.15, 0.2) is 12.4 Å². The largest absolute Gasteiger partial charge is 0.454 e. The van der Waals surface area contributed by atoms with E-state index < -0.39 is 5.97 Å². The number of benzene rings is 3. The van der Waals surface area contributed by atoms with E-state index in [1.54, 1.807) is 30.3 Å². The Morgan fingerprint density at radius 1 is 0.879 bits per heavy atom. The molecule has 0 unspecified atom stereocenters. The van der Waals surface area contributed by atoms with Crippen LogP contribution in [0.1, 0.15) is 69.9 Å². The summed E-state index contributed by atoms with van der Waals surface area (Å²) in [6, 6.07) is 24.2. The molecule has 1 aliphatic carbocycles. The van der Waals surface area contributed by atoms with Crippen LogP contribution in [0.3, 0.4) is 0 Å². The van der Waals surface area contributed by atoms with Crippen molar-refractivity contribution >= 4 is 23.5 Å². The number of nitrogens with zero attached hydrogens (tertiary/aromatic N) is 1. The first kappa shape index (κ1) is 22.8. The van der Waals surface area contributed by atoms with Crippen LogP contribution >= 0.6 is 11.8 Å². The number of nitriles is 1. The molecule has 166 valence electrons. The molecule has 3 aromatic rings. The van der Waals surface area contributed by atoms with Crippen molar-refractivity contribution in [3.63, 3.8) is 0 Å². The van der Waals surface area contributed by atoms with Gasteiger partial charge in [0, 0.05) is 15.4 Å². The summed E-state index contributed by atoms with van der Waals surface area (Å²) < 4.78 is 5.36. The van der Waals surface area contributed by atoms with E-state index in [4.69, 9.17) is 4.74 Å². The topological polar surface area (TPSA) is 67.2 Å². The van der Waals surface area contributed by atoms with Gasteiger partial charge in [0.2, 0.25) is 0 Å². The third kappa shape index (κ3) is 5.71. The maximum absolute atomic E-state index is 12.8. The molecule has 0 radical (unpaired) electrons. The number of ketones is 1. The fourth-order valence-corrected chi connectivity index (χ4v) is 5.18. The number of esters is 1. The molecule has 0 aromatic heterocycles. The molecule has 0 atom stereocenters. The Kier molecular flexibility index (Phi) is 7.59. The number of Topliss-reactive ketones (excluding diaryl/α,β-unsaturated/α-hetero) is 1. The van der Waals surface area contributed by atoms with E-state index in [9.17, 15) is 14.9 Å². The van der Waals surface area contributed by atoms with E-state index in [1.165, 1.54) is 49.4 Å². The molecule has 0 aliphatic heterocycles. The first-order valence-electron chi connectivity index (χ1n) is 11.2. The second-order valence-corrected chi connectivity index (χ2v) is 9.25. The van der Waals surface area contributed by atoms with Crippen LogP contribution in [0, 0.1) is 11.3 Å². The van der Waals surface area contributed by atoms with Crippen molar-refractivity contribution in [3.05, 3.63) is 95.1 Å². The third-order valence-corrected chi connectivity index (χ3v) is 7.13. The van der Waals surface area contributed by atoms with Gasteiger partial charge in [-0.15, -0.1) is 0 Å². The van der Waals surface area contributed by atoms with E-state index in [0.29, 0.717) is 27.5 Å². The molecule has 0 heterocycles. The van der Waals surface area contributed by atoms with Gasteiger partial charge in [0.1, 0.15) is 6.07 Å². The number of carbonyl (C=O) groups excluding carboxylic acids is 2. The summed E-state index contributed by atoms with van der Waals surface area (Å²) in [5.74, 6) is -0.195. The molecule has 0 spiro atoms. The zero-order valence-electron chi connectivity index (χ0n) is 18.3. The van der Waals surface area contributed by atoms with Crippen molar-refractivity contribution in [2.75, 3.05) is 6.61 Å². The van der Waals surface area contributed by atoms with Crippen LogP contribution in [0.4, 0.5) is 0 Å². The second-order valence-electron chi connectivity index (χ2n) is 8.16. The number of ether oxygens (including phenoxy) is 1. The monoisotopic (exact) mass is 455 g/mol. The lowest BCUT2D eigenvalue weighted by Crippen LogP contribution is -2.15. The van der Waals surface area contributed by atoms with Crippen molar-refractivity contribution in [1.82, 2.24) is 0 Å². The van der Waals surface area contributed by atoms with Crippen molar-refractivity contribution in [2.24, 2.45) is 0 Å². The zero-order chi connectivity index (χ0) is 23.0. The van der Waals surface area contributed by atoms with Gasteiger partial charge >= 0.3 is 5.97 Å². The van der Waals surface area contributed by atoms with Crippen LogP contribution in [-0.4, -0.2) is 18.4 Å². The van der Waals surface area contributed by atoms with E-state index in [0.717, 1.165) is 4.90 Å². The van der Waals surface area contributed by atoms with Gasteiger partial charge in [-0.25, -0.2) is 4.79 Å². The van der Waals surface area contributed by atoms with E-state index >= 15 is 0 Å². The molecule has 1 saturated carbocycles. The van der Waals surface area contributed by atoms with Crippen molar-refractivity contribution in [1.29, 1.82) is 5.26 Å². The van der Waals surface area contributed by atoms with E-state index in [1.807, 2.05) is 42.5 Å². The van der Waals surface area contributed by atoms with E-state index in [2.05, 4.69) is 6.07 Å². The lowest BCUT2D eigenvalue weighted by atomic mass is 9.84. The highest BCUT2D eigenvalue weighted by Gasteiger charge is 2.18. The van der Waals surface area contributed by atoms with Crippen LogP contribution in [-0.2, 0) is 4.74 Å². The van der Waals surface area contributed by atoms with Crippen molar-refractivity contribution < 1.29 is 14.3 Å². The maximum atomic E-state index is 12.8. The summed E-state index contributed by atoms with van der Waals surface area (Å²) in [5.41, 5.74) is 2.74. The average molecular weight is 456 g/mol. The first-order valence-corrected chi connectivity index (χ1v) is 12.0. The average Bonchev–Trinajstić information content (AvgIpc) is 2.88. The zero-order valence-corrected chi connectivity index (χ0v) is 19.1. The highest BCUT2D eigenvalue weighted by Crippen LogP contribution is 2.34. The molecular formula is C28H25NO3S. The Morgan fingerprint density at radius 3 is 2.27 bits per heavy atom. The number of hydrogen-bond donors (Lipinski definition) is 0. The van der Waals surface area contributed by atoms with Gasteiger partial charge in [-0.3, -0.25) is 4.79 Å². The minimum atomic E-state index is -0.556. The summed E-state index contributed by atoms with van der Waals surface area (Å²) in [6.07, 6.45) is 6.26. The Hall–Kier alpha value is -3.36. The smallest absolute Gasteiger partial charge is 0.339 e. The predicted octanol–water partition coefficient (Wildman–Crippen LogP) is 6.80. The van der Waals surface area contributed by atoms with Gasteiger partial charge in [-0.05, 0) is 48.6 Å². The summed E-state index contributed by atoms with van der Waals surface area (Å²) in [4.78, 5) is 26.8. The Morgan fingerprint density at radius 2 is 1.55 bits per heavy atom. The molecule has 0 N–H and O–H groups in total. The molecular weight excluding hydrogens is 430 g/mol. The number of carbonyl (C=O) groups is 2. The van der Waals surface area contributed by atoms with Gasteiger partial charge in [0.05, 0.1) is 11.1 Å². The molecule has 0 bridgehead atoms. The van der Waals surface area contributed by atoms with Gasteiger partial charge in [-0.2, -0.15) is 5.26 Å². The van der Waals surface area contributed by atoms with Crippen LogP contribution in [0.15, 0.2) is 82.6 Å². The molecule has 0 saturated heterocycles. The van der Waals surface area contributed by atoms with Crippen LogP contribution in [0.25, 0.3) is 0 Å². The highest BCUT2D eigenvalue weighted by molar-refractivity contribution is 7.99. The molecule has 0 amide bonds. The van der Waals surface area contributed by atoms with E-state index in [-0.39, 0.29) is 12.4 Å². The van der Waals surface area contributed by atoms with Crippen molar-refractivity contribution in [2.45, 2.75) is 47.8 Å². The van der Waals surface area contributed by atoms with Crippen molar-refractivity contribution in [3.8, 4) is 6.07 Å². The normalized spacial score (nSPS) is 13.8. The minimum absolute atomic E-state index is 0.224. The molecule has 33 heavy (non-hydrogen) atoms. The van der Waals surface area contributed by atoms with Crippen LogP contribution in [0.2, 0.25) is 0 Å². The fourth-order valence-electron chi connectivity index (χ4n) is 4.16. The van der Waals surface area contributed by atoms with Gasteiger partial charge < -0.3 is 4.74 Å². The lowest BCUT2D eigenvalue weighted by molar-refractivity contribution is 0.0471. The summed E-state index contributed by atoms with van der Waals surface area (Å²) in [5, 5.41) is 9.33. The second kappa shape index (κ2) is 11.0. The minimum Gasteiger partial charge on any atom is -0.454 e. The first-order chi connectivity index (χ1) is 16.2. The summed E-state index contributed by atoms with van der Waals surface area (Å²) >= 11 is 1.33. The standard InChI is InChI=1S/C28H25NO3S/c29-18-23-10-4-6-12-26(23)33-27-13-7-5-11-24(27)28(31)32-19-25(30)22-16-14-21(15-17-22)20-8-2-1-3-9-20/h4-7,10-17,20H,1-3,8-9,19H2. The number of rotatable bonds is 7. The Bertz CT molecular complexity index is 1170.